The fourth-order valence-electron chi connectivity index (χ4n) is 3.90. The largest absolute Gasteiger partial charge is 0.496 e. The van der Waals surface area contributed by atoms with E-state index in [-0.39, 0.29) is 5.41 Å². The second kappa shape index (κ2) is 6.21. The SMILES string of the molecule is COc1cc(C)c(C(=O)C2(CC(C)C)CCCC2)cc1C. The van der Waals surface area contributed by atoms with Crippen molar-refractivity contribution in [3.05, 3.63) is 28.8 Å². The Morgan fingerprint density at radius 3 is 2.33 bits per heavy atom. The van der Waals surface area contributed by atoms with Crippen LogP contribution in [0.4, 0.5) is 0 Å². The zero-order valence-corrected chi connectivity index (χ0v) is 14.1. The molecule has 1 aliphatic rings. The zero-order chi connectivity index (χ0) is 15.6. The van der Waals surface area contributed by atoms with Crippen molar-refractivity contribution in [2.45, 2.75) is 59.8 Å². The summed E-state index contributed by atoms with van der Waals surface area (Å²) < 4.78 is 5.36. The van der Waals surface area contributed by atoms with Gasteiger partial charge in [-0.15, -0.1) is 0 Å². The van der Waals surface area contributed by atoms with Gasteiger partial charge in [-0.3, -0.25) is 4.79 Å². The van der Waals surface area contributed by atoms with Gasteiger partial charge < -0.3 is 4.74 Å². The third kappa shape index (κ3) is 3.14. The molecule has 0 radical (unpaired) electrons. The van der Waals surface area contributed by atoms with Crippen molar-refractivity contribution in [1.82, 2.24) is 0 Å². The summed E-state index contributed by atoms with van der Waals surface area (Å²) in [6.45, 7) is 8.48. The molecule has 1 aliphatic carbocycles. The van der Waals surface area contributed by atoms with Crippen LogP contribution < -0.4 is 4.74 Å². The average Bonchev–Trinajstić information content (AvgIpc) is 2.89. The highest BCUT2D eigenvalue weighted by Crippen LogP contribution is 2.46. The van der Waals surface area contributed by atoms with Crippen LogP contribution in [0.2, 0.25) is 0 Å². The van der Waals surface area contributed by atoms with Gasteiger partial charge >= 0.3 is 0 Å². The second-order valence-corrected chi connectivity index (χ2v) is 7.05. The highest BCUT2D eigenvalue weighted by atomic mass is 16.5. The molecule has 0 amide bonds. The first kappa shape index (κ1) is 16.1. The predicted molar refractivity (Wildman–Crippen MR) is 87.2 cm³/mol. The van der Waals surface area contributed by atoms with Gasteiger partial charge in [0.15, 0.2) is 5.78 Å². The molecule has 0 aliphatic heterocycles. The van der Waals surface area contributed by atoms with E-state index in [1.807, 2.05) is 26.0 Å². The standard InChI is InChI=1S/C19H28O2/c1-13(2)12-19(8-6-7-9-19)18(20)16-10-15(4)17(21-5)11-14(16)3/h10-11,13H,6-9,12H2,1-5H3. The smallest absolute Gasteiger partial charge is 0.169 e. The minimum Gasteiger partial charge on any atom is -0.496 e. The number of methoxy groups -OCH3 is 1. The number of rotatable bonds is 5. The van der Waals surface area contributed by atoms with Crippen molar-refractivity contribution in [1.29, 1.82) is 0 Å². The van der Waals surface area contributed by atoms with Crippen LogP contribution in [0.3, 0.4) is 0 Å². The van der Waals surface area contributed by atoms with Gasteiger partial charge in [-0.05, 0) is 62.3 Å². The van der Waals surface area contributed by atoms with Gasteiger partial charge in [0.1, 0.15) is 5.75 Å². The maximum Gasteiger partial charge on any atom is 0.169 e. The fraction of sp³-hybridized carbons (Fsp3) is 0.632. The quantitative estimate of drug-likeness (QED) is 0.704. The third-order valence-electron chi connectivity index (χ3n) is 4.83. The summed E-state index contributed by atoms with van der Waals surface area (Å²) in [6, 6.07) is 4.03. The molecule has 0 unspecified atom stereocenters. The number of carbonyl (C=O) groups is 1. The highest BCUT2D eigenvalue weighted by Gasteiger charge is 2.42. The molecule has 0 spiro atoms. The Labute approximate surface area is 128 Å². The fourth-order valence-corrected chi connectivity index (χ4v) is 3.90. The molecule has 116 valence electrons. The number of benzene rings is 1. The van der Waals surface area contributed by atoms with E-state index in [2.05, 4.69) is 13.8 Å². The molecular weight excluding hydrogens is 260 g/mol. The molecule has 2 nitrogen and oxygen atoms in total. The molecule has 1 fully saturated rings. The van der Waals surface area contributed by atoms with Crippen LogP contribution in [0.5, 0.6) is 5.75 Å². The van der Waals surface area contributed by atoms with Crippen LogP contribution in [0.25, 0.3) is 0 Å². The molecule has 2 rings (SSSR count). The molecule has 0 saturated heterocycles. The number of ether oxygens (including phenoxy) is 1. The summed E-state index contributed by atoms with van der Waals surface area (Å²) in [4.78, 5) is 13.2. The topological polar surface area (TPSA) is 26.3 Å². The van der Waals surface area contributed by atoms with Gasteiger partial charge in [0.25, 0.3) is 0 Å². The maximum atomic E-state index is 13.2. The van der Waals surface area contributed by atoms with Gasteiger partial charge in [-0.25, -0.2) is 0 Å². The van der Waals surface area contributed by atoms with Crippen molar-refractivity contribution in [2.24, 2.45) is 11.3 Å². The Kier molecular flexibility index (Phi) is 4.75. The minimum absolute atomic E-state index is 0.125. The first-order valence-electron chi connectivity index (χ1n) is 8.09. The Balaban J connectivity index is 2.40. The van der Waals surface area contributed by atoms with Gasteiger partial charge in [0, 0.05) is 11.0 Å². The Morgan fingerprint density at radius 1 is 1.19 bits per heavy atom. The minimum atomic E-state index is -0.125. The first-order chi connectivity index (χ1) is 9.89. The van der Waals surface area contributed by atoms with E-state index in [0.29, 0.717) is 11.7 Å². The van der Waals surface area contributed by atoms with Crippen LogP contribution in [0, 0.1) is 25.2 Å². The number of hydrogen-bond donors (Lipinski definition) is 0. The molecule has 0 atom stereocenters. The van der Waals surface area contributed by atoms with Crippen molar-refractivity contribution in [3.8, 4) is 5.75 Å². The van der Waals surface area contributed by atoms with Gasteiger partial charge in [-0.1, -0.05) is 26.7 Å². The van der Waals surface area contributed by atoms with Crippen molar-refractivity contribution < 1.29 is 9.53 Å². The van der Waals surface area contributed by atoms with Crippen LogP contribution in [0.15, 0.2) is 12.1 Å². The number of ketones is 1. The number of hydrogen-bond acceptors (Lipinski definition) is 2. The molecule has 0 bridgehead atoms. The molecule has 0 heterocycles. The number of Topliss-reactive ketones (excluding diaryl/α,β-unsaturated/α-hetero) is 1. The third-order valence-corrected chi connectivity index (χ3v) is 4.83. The number of aryl methyl sites for hydroxylation is 2. The molecule has 1 aromatic carbocycles. The van der Waals surface area contributed by atoms with E-state index in [1.54, 1.807) is 7.11 Å². The maximum absolute atomic E-state index is 13.2. The van der Waals surface area contributed by atoms with Gasteiger partial charge in [0.05, 0.1) is 7.11 Å². The van der Waals surface area contributed by atoms with Crippen LogP contribution in [0.1, 0.15) is 67.4 Å². The lowest BCUT2D eigenvalue weighted by molar-refractivity contribution is 0.0759. The summed E-state index contributed by atoms with van der Waals surface area (Å²) in [5.41, 5.74) is 2.86. The van der Waals surface area contributed by atoms with Crippen molar-refractivity contribution in [3.63, 3.8) is 0 Å². The lowest BCUT2D eigenvalue weighted by Gasteiger charge is -2.30. The molecular formula is C19H28O2. The van der Waals surface area contributed by atoms with Crippen molar-refractivity contribution in [2.75, 3.05) is 7.11 Å². The molecule has 1 aromatic rings. The normalized spacial score (nSPS) is 17.2. The van der Waals surface area contributed by atoms with E-state index in [4.69, 9.17) is 4.74 Å². The first-order valence-corrected chi connectivity index (χ1v) is 8.09. The summed E-state index contributed by atoms with van der Waals surface area (Å²) in [5.74, 6) is 1.79. The summed E-state index contributed by atoms with van der Waals surface area (Å²) in [7, 11) is 1.68. The van der Waals surface area contributed by atoms with E-state index in [1.165, 1.54) is 12.8 Å². The van der Waals surface area contributed by atoms with E-state index in [9.17, 15) is 4.79 Å². The Hall–Kier alpha value is -1.31. The average molecular weight is 288 g/mol. The molecule has 21 heavy (non-hydrogen) atoms. The summed E-state index contributed by atoms with van der Waals surface area (Å²) in [6.07, 6.45) is 5.48. The predicted octanol–water partition coefficient (Wildman–Crippen LogP) is 5.10. The molecule has 1 saturated carbocycles. The summed E-state index contributed by atoms with van der Waals surface area (Å²) in [5, 5.41) is 0. The van der Waals surface area contributed by atoms with E-state index < -0.39 is 0 Å². The van der Waals surface area contributed by atoms with Gasteiger partial charge in [0.2, 0.25) is 0 Å². The Morgan fingerprint density at radius 2 is 1.81 bits per heavy atom. The molecule has 2 heteroatoms. The lowest BCUT2D eigenvalue weighted by Crippen LogP contribution is -2.30. The summed E-state index contributed by atoms with van der Waals surface area (Å²) >= 11 is 0. The Bertz CT molecular complexity index is 523. The zero-order valence-electron chi connectivity index (χ0n) is 14.1. The lowest BCUT2D eigenvalue weighted by atomic mass is 9.72. The van der Waals surface area contributed by atoms with E-state index in [0.717, 1.165) is 41.7 Å². The van der Waals surface area contributed by atoms with E-state index >= 15 is 0 Å². The molecule has 0 N–H and O–H groups in total. The highest BCUT2D eigenvalue weighted by molar-refractivity contribution is 6.02. The van der Waals surface area contributed by atoms with Crippen LogP contribution in [-0.4, -0.2) is 12.9 Å². The number of carbonyl (C=O) groups excluding carboxylic acids is 1. The monoisotopic (exact) mass is 288 g/mol. The second-order valence-electron chi connectivity index (χ2n) is 7.05. The van der Waals surface area contributed by atoms with Crippen LogP contribution >= 0.6 is 0 Å². The van der Waals surface area contributed by atoms with Crippen molar-refractivity contribution >= 4 is 5.78 Å². The molecule has 0 aromatic heterocycles. The van der Waals surface area contributed by atoms with Crippen LogP contribution in [-0.2, 0) is 0 Å². The van der Waals surface area contributed by atoms with Gasteiger partial charge in [-0.2, -0.15) is 0 Å².